The van der Waals surface area contributed by atoms with Gasteiger partial charge >= 0.3 is 0 Å². The highest BCUT2D eigenvalue weighted by Crippen LogP contribution is 2.23. The number of aromatic nitrogens is 4. The molecule has 2 aromatic heterocycles. The van der Waals surface area contributed by atoms with Crippen LogP contribution in [0.5, 0.6) is 0 Å². The van der Waals surface area contributed by atoms with Crippen LogP contribution in [0, 0.1) is 6.92 Å². The van der Waals surface area contributed by atoms with Crippen LogP contribution in [0.3, 0.4) is 0 Å². The number of rotatable bonds is 10. The highest BCUT2D eigenvalue weighted by molar-refractivity contribution is 5.95. The smallest absolute Gasteiger partial charge is 0.204 e. The second-order valence-electron chi connectivity index (χ2n) is 8.10. The molecular weight excluding hydrogens is 402 g/mol. The van der Waals surface area contributed by atoms with E-state index < -0.39 is 0 Å². The quantitative estimate of drug-likeness (QED) is 0.293. The van der Waals surface area contributed by atoms with E-state index in [0.717, 1.165) is 53.8 Å². The van der Waals surface area contributed by atoms with Gasteiger partial charge in [-0.1, -0.05) is 42.8 Å². The number of hydrogen-bond donors (Lipinski definition) is 1. The van der Waals surface area contributed by atoms with E-state index in [-0.39, 0.29) is 11.6 Å². The zero-order valence-corrected chi connectivity index (χ0v) is 18.5. The van der Waals surface area contributed by atoms with Gasteiger partial charge in [-0.25, -0.2) is 4.98 Å². The van der Waals surface area contributed by atoms with Gasteiger partial charge in [0.15, 0.2) is 11.6 Å². The van der Waals surface area contributed by atoms with Crippen molar-refractivity contribution in [3.8, 4) is 0 Å². The molecule has 0 aliphatic carbocycles. The maximum atomic E-state index is 12.2. The Labute approximate surface area is 186 Å². The molecule has 0 spiro atoms. The molecule has 0 amide bonds. The zero-order valence-electron chi connectivity index (χ0n) is 18.5. The summed E-state index contributed by atoms with van der Waals surface area (Å²) in [7, 11) is 0. The lowest BCUT2D eigenvalue weighted by molar-refractivity contribution is -0.116. The van der Waals surface area contributed by atoms with Crippen molar-refractivity contribution in [3.05, 3.63) is 65.5 Å². The van der Waals surface area contributed by atoms with Gasteiger partial charge in [0.1, 0.15) is 11.6 Å². The van der Waals surface area contributed by atoms with E-state index in [4.69, 9.17) is 4.98 Å². The molecule has 0 atom stereocenters. The molecular formula is C25H27N5O2. The molecule has 0 bridgehead atoms. The zero-order chi connectivity index (χ0) is 22.5. The first-order valence-electron chi connectivity index (χ1n) is 11.0. The Morgan fingerprint density at radius 3 is 2.59 bits per heavy atom. The molecule has 0 aliphatic heterocycles. The highest BCUT2D eigenvalue weighted by Gasteiger charge is 2.14. The Morgan fingerprint density at radius 1 is 1.00 bits per heavy atom. The first kappa shape index (κ1) is 21.6. The van der Waals surface area contributed by atoms with Gasteiger partial charge in [-0.2, -0.15) is 0 Å². The average Bonchev–Trinajstić information content (AvgIpc) is 3.18. The number of carbonyl (C=O) groups is 2. The molecule has 1 N–H and O–H groups in total. The highest BCUT2D eigenvalue weighted by atomic mass is 16.1. The number of ketones is 2. The Balaban J connectivity index is 1.40. The molecule has 0 saturated heterocycles. The monoisotopic (exact) mass is 429 g/mol. The number of hydrogen-bond acceptors (Lipinski definition) is 6. The van der Waals surface area contributed by atoms with Gasteiger partial charge in [0.05, 0.1) is 11.0 Å². The van der Waals surface area contributed by atoms with Crippen molar-refractivity contribution in [2.75, 3.05) is 11.9 Å². The van der Waals surface area contributed by atoms with Gasteiger partial charge in [-0.15, -0.1) is 10.2 Å². The first-order chi connectivity index (χ1) is 15.5. The Morgan fingerprint density at radius 2 is 1.81 bits per heavy atom. The van der Waals surface area contributed by atoms with Gasteiger partial charge in [-0.3, -0.25) is 14.0 Å². The van der Waals surface area contributed by atoms with E-state index in [1.54, 1.807) is 6.92 Å². The normalized spacial score (nSPS) is 11.2. The summed E-state index contributed by atoms with van der Waals surface area (Å²) in [6.07, 6.45) is 3.70. The van der Waals surface area contributed by atoms with Crippen molar-refractivity contribution < 1.29 is 9.59 Å². The van der Waals surface area contributed by atoms with Crippen molar-refractivity contribution in [1.82, 2.24) is 19.6 Å². The second kappa shape index (κ2) is 9.68. The van der Waals surface area contributed by atoms with Crippen LogP contribution in [-0.4, -0.2) is 37.7 Å². The molecule has 0 unspecified atom stereocenters. The third-order valence-corrected chi connectivity index (χ3v) is 5.47. The van der Waals surface area contributed by atoms with Crippen LogP contribution in [0.25, 0.3) is 16.7 Å². The lowest BCUT2D eigenvalue weighted by Gasteiger charge is -2.11. The van der Waals surface area contributed by atoms with Crippen LogP contribution in [0.4, 0.5) is 5.82 Å². The molecule has 164 valence electrons. The Hall–Kier alpha value is -3.61. The molecule has 32 heavy (non-hydrogen) atoms. The molecule has 0 fully saturated rings. The molecule has 0 radical (unpaired) electrons. The summed E-state index contributed by atoms with van der Waals surface area (Å²) >= 11 is 0. The van der Waals surface area contributed by atoms with Gasteiger partial charge in [0.2, 0.25) is 5.65 Å². The number of Topliss-reactive ketones (excluding diaryl/α,β-unsaturated/α-hetero) is 2. The number of unbranched alkanes of at least 4 members (excludes halogenated alkanes) is 2. The van der Waals surface area contributed by atoms with Gasteiger partial charge < -0.3 is 5.32 Å². The molecule has 7 nitrogen and oxygen atoms in total. The standard InChI is InChI=1S/C25H27N5O2/c1-17(31)15-19-12-13-21-22(16-19)30-18(2)28-29-25(30)24(27-21)26-14-8-4-7-11-23(32)20-9-5-3-6-10-20/h3,5-6,9-10,12-13,16H,4,7-8,11,14-15H2,1-2H3,(H,26,27). The van der Waals surface area contributed by atoms with Gasteiger partial charge in [0, 0.05) is 24.9 Å². The van der Waals surface area contributed by atoms with Crippen LogP contribution in [0.15, 0.2) is 48.5 Å². The molecule has 0 aliphatic rings. The minimum absolute atomic E-state index is 0.123. The number of nitrogens with one attached hydrogen (secondary N) is 1. The minimum atomic E-state index is 0.123. The maximum absolute atomic E-state index is 12.2. The van der Waals surface area contributed by atoms with Crippen LogP contribution in [-0.2, 0) is 11.2 Å². The van der Waals surface area contributed by atoms with E-state index in [9.17, 15) is 9.59 Å². The summed E-state index contributed by atoms with van der Waals surface area (Å²) in [4.78, 5) is 28.5. The van der Waals surface area contributed by atoms with Gasteiger partial charge in [0.25, 0.3) is 0 Å². The number of nitrogens with zero attached hydrogens (tertiary/aromatic N) is 4. The summed E-state index contributed by atoms with van der Waals surface area (Å²) in [6.45, 7) is 4.24. The van der Waals surface area contributed by atoms with E-state index in [1.165, 1.54) is 0 Å². The van der Waals surface area contributed by atoms with Crippen molar-refractivity contribution in [2.45, 2.75) is 46.0 Å². The molecule has 2 aromatic carbocycles. The van der Waals surface area contributed by atoms with Crippen LogP contribution < -0.4 is 5.32 Å². The summed E-state index contributed by atoms with van der Waals surface area (Å²) in [5.41, 5.74) is 4.12. The maximum Gasteiger partial charge on any atom is 0.204 e. The Kier molecular flexibility index (Phi) is 6.54. The molecule has 0 saturated carbocycles. The first-order valence-corrected chi connectivity index (χ1v) is 11.0. The van der Waals surface area contributed by atoms with Crippen LogP contribution in [0.2, 0.25) is 0 Å². The lowest BCUT2D eigenvalue weighted by Crippen LogP contribution is -2.07. The van der Waals surface area contributed by atoms with Crippen LogP contribution in [0.1, 0.15) is 54.4 Å². The van der Waals surface area contributed by atoms with Crippen molar-refractivity contribution in [3.63, 3.8) is 0 Å². The largest absolute Gasteiger partial charge is 0.367 e. The predicted molar refractivity (Wildman–Crippen MR) is 125 cm³/mol. The summed E-state index contributed by atoms with van der Waals surface area (Å²) in [5, 5.41) is 11.9. The lowest BCUT2D eigenvalue weighted by atomic mass is 10.0. The van der Waals surface area contributed by atoms with E-state index in [1.807, 2.05) is 59.9 Å². The third-order valence-electron chi connectivity index (χ3n) is 5.47. The second-order valence-corrected chi connectivity index (χ2v) is 8.10. The summed E-state index contributed by atoms with van der Waals surface area (Å²) in [5.74, 6) is 1.78. The molecule has 4 aromatic rings. The average molecular weight is 430 g/mol. The number of fused-ring (bicyclic) bond motifs is 3. The number of aryl methyl sites for hydroxylation is 1. The van der Waals surface area contributed by atoms with Crippen LogP contribution >= 0.6 is 0 Å². The predicted octanol–water partition coefficient (Wildman–Crippen LogP) is 4.57. The van der Waals surface area contributed by atoms with Gasteiger partial charge in [-0.05, 0) is 44.4 Å². The fraction of sp³-hybridized carbons (Fsp3) is 0.320. The van der Waals surface area contributed by atoms with Crippen molar-refractivity contribution >= 4 is 34.1 Å². The fourth-order valence-corrected chi connectivity index (χ4v) is 3.90. The van der Waals surface area contributed by atoms with E-state index in [2.05, 4.69) is 15.5 Å². The minimum Gasteiger partial charge on any atom is -0.367 e. The van der Waals surface area contributed by atoms with E-state index in [0.29, 0.717) is 24.3 Å². The Bertz CT molecular complexity index is 1260. The molecule has 7 heteroatoms. The van der Waals surface area contributed by atoms with Crippen molar-refractivity contribution in [1.29, 1.82) is 0 Å². The SMILES string of the molecule is CC(=O)Cc1ccc2nc(NCCCCCC(=O)c3ccccc3)c3nnc(C)n3c2c1. The topological polar surface area (TPSA) is 89.2 Å². The fourth-order valence-electron chi connectivity index (χ4n) is 3.90. The summed E-state index contributed by atoms with van der Waals surface area (Å²) in [6, 6.07) is 15.3. The summed E-state index contributed by atoms with van der Waals surface area (Å²) < 4.78 is 1.98. The molecule has 2 heterocycles. The van der Waals surface area contributed by atoms with E-state index >= 15 is 0 Å². The number of carbonyl (C=O) groups excluding carboxylic acids is 2. The number of anilines is 1. The third kappa shape index (κ3) is 4.82. The number of benzene rings is 2. The molecule has 4 rings (SSSR count). The van der Waals surface area contributed by atoms with Crippen molar-refractivity contribution in [2.24, 2.45) is 0 Å².